The van der Waals surface area contributed by atoms with Crippen LogP contribution < -0.4 is 25.3 Å². The maximum absolute atomic E-state index is 12.7. The van der Waals surface area contributed by atoms with Crippen LogP contribution in [-0.2, 0) is 20.7 Å². The topological polar surface area (TPSA) is 146 Å². The van der Waals surface area contributed by atoms with Crippen LogP contribution in [0.5, 0.6) is 17.2 Å². The zero-order valence-electron chi connectivity index (χ0n) is 22.7. The van der Waals surface area contributed by atoms with Crippen LogP contribution in [0.25, 0.3) is 6.08 Å². The summed E-state index contributed by atoms with van der Waals surface area (Å²) in [6, 6.07) is 17.9. The summed E-state index contributed by atoms with van der Waals surface area (Å²) < 4.78 is 21.5. The summed E-state index contributed by atoms with van der Waals surface area (Å²) in [5, 5.41) is 11.6. The number of aliphatic carboxylic acids is 1. The van der Waals surface area contributed by atoms with E-state index in [0.717, 1.165) is 11.1 Å². The summed E-state index contributed by atoms with van der Waals surface area (Å²) in [5.41, 5.74) is 7.63. The number of carboxylic acid groups (broad SMARTS) is 1. The quantitative estimate of drug-likeness (QED) is 0.143. The molecule has 1 amide bonds. The molecule has 1 atom stereocenters. The van der Waals surface area contributed by atoms with Gasteiger partial charge in [0.25, 0.3) is 0 Å². The predicted octanol–water partition coefficient (Wildman–Crippen LogP) is 4.36. The summed E-state index contributed by atoms with van der Waals surface area (Å²) in [4.78, 5) is 36.0. The third-order valence-electron chi connectivity index (χ3n) is 5.73. The Bertz CT molecular complexity index is 1340. The lowest BCUT2D eigenvalue weighted by atomic mass is 10.1. The highest BCUT2D eigenvalue weighted by Crippen LogP contribution is 2.28. The zero-order valence-corrected chi connectivity index (χ0v) is 23.5. The number of nitrogens with two attached hydrogens (primary N) is 1. The smallest absolute Gasteiger partial charge is 0.340 e. The number of esters is 1. The van der Waals surface area contributed by atoms with Gasteiger partial charge in [0.2, 0.25) is 5.91 Å². The van der Waals surface area contributed by atoms with Gasteiger partial charge in [-0.2, -0.15) is 0 Å². The number of rotatable bonds is 14. The van der Waals surface area contributed by atoms with Crippen molar-refractivity contribution in [1.82, 2.24) is 0 Å². The van der Waals surface area contributed by atoms with Crippen molar-refractivity contribution in [2.45, 2.75) is 18.9 Å². The van der Waals surface area contributed by atoms with E-state index < -0.39 is 23.9 Å². The first-order chi connectivity index (χ1) is 19.3. The summed E-state index contributed by atoms with van der Waals surface area (Å²) in [7, 11) is 3.08. The summed E-state index contributed by atoms with van der Waals surface area (Å²) in [6.07, 6.45) is 3.65. The third kappa shape index (κ3) is 10.2. The first kappa shape index (κ1) is 32.7. The van der Waals surface area contributed by atoms with Crippen LogP contribution in [0.2, 0.25) is 0 Å². The molecule has 0 unspecified atom stereocenters. The number of nitrogens with one attached hydrogen (secondary N) is 1. The number of hydrogen-bond acceptors (Lipinski definition) is 8. The lowest BCUT2D eigenvalue weighted by Crippen LogP contribution is -2.32. The molecule has 3 rings (SSSR count). The summed E-state index contributed by atoms with van der Waals surface area (Å²) in [5.74, 6) is -0.314. The SMILES string of the molecule is COc1ccc(C=CC(=O)Nc2ccccc2C(=O)OCCCOc2ccc(C[C@H](N)C(=O)O)cc2)cc1OC.Cl. The number of anilines is 1. The lowest BCUT2D eigenvalue weighted by molar-refractivity contribution is -0.138. The highest BCUT2D eigenvalue weighted by Gasteiger charge is 2.14. The van der Waals surface area contributed by atoms with Gasteiger partial charge in [-0.15, -0.1) is 12.4 Å². The van der Waals surface area contributed by atoms with Crippen molar-refractivity contribution in [3.05, 3.63) is 89.5 Å². The minimum atomic E-state index is -1.05. The molecule has 0 radical (unpaired) electrons. The maximum Gasteiger partial charge on any atom is 0.340 e. The monoisotopic (exact) mass is 584 g/mol. The van der Waals surface area contributed by atoms with Gasteiger partial charge in [0.1, 0.15) is 11.8 Å². The van der Waals surface area contributed by atoms with E-state index in [9.17, 15) is 14.4 Å². The van der Waals surface area contributed by atoms with Crippen molar-refractivity contribution in [1.29, 1.82) is 0 Å². The molecule has 218 valence electrons. The number of carbonyl (C=O) groups excluding carboxylic acids is 2. The average molecular weight is 585 g/mol. The average Bonchev–Trinajstić information content (AvgIpc) is 2.96. The van der Waals surface area contributed by atoms with E-state index in [2.05, 4.69) is 5.32 Å². The number of halogens is 1. The molecule has 4 N–H and O–H groups in total. The molecular formula is C30H33ClN2O8. The molecule has 0 heterocycles. The van der Waals surface area contributed by atoms with E-state index in [-0.39, 0.29) is 31.0 Å². The van der Waals surface area contributed by atoms with Crippen molar-refractivity contribution in [2.24, 2.45) is 5.73 Å². The van der Waals surface area contributed by atoms with Crippen LogP contribution in [0.1, 0.15) is 27.9 Å². The van der Waals surface area contributed by atoms with Gasteiger partial charge < -0.3 is 35.1 Å². The van der Waals surface area contributed by atoms with E-state index in [0.29, 0.717) is 36.0 Å². The minimum absolute atomic E-state index is 0. The molecule has 3 aromatic rings. The second-order valence-corrected chi connectivity index (χ2v) is 8.61. The van der Waals surface area contributed by atoms with Crippen molar-refractivity contribution >= 4 is 42.0 Å². The fraction of sp³-hybridized carbons (Fsp3) is 0.233. The zero-order chi connectivity index (χ0) is 28.9. The van der Waals surface area contributed by atoms with Crippen LogP contribution >= 0.6 is 12.4 Å². The first-order valence-corrected chi connectivity index (χ1v) is 12.5. The highest BCUT2D eigenvalue weighted by molar-refractivity contribution is 6.06. The van der Waals surface area contributed by atoms with Crippen LogP contribution in [0.15, 0.2) is 72.8 Å². The number of hydrogen-bond donors (Lipinski definition) is 3. The molecule has 0 aliphatic rings. The lowest BCUT2D eigenvalue weighted by Gasteiger charge is -2.11. The molecule has 41 heavy (non-hydrogen) atoms. The van der Waals surface area contributed by atoms with Crippen LogP contribution in [-0.4, -0.2) is 56.4 Å². The molecule has 10 nitrogen and oxygen atoms in total. The molecule has 0 aliphatic carbocycles. The highest BCUT2D eigenvalue weighted by atomic mass is 35.5. The van der Waals surface area contributed by atoms with Crippen LogP contribution in [0.4, 0.5) is 5.69 Å². The molecule has 0 saturated heterocycles. The summed E-state index contributed by atoms with van der Waals surface area (Å²) >= 11 is 0. The second-order valence-electron chi connectivity index (χ2n) is 8.61. The van der Waals surface area contributed by atoms with E-state index in [4.69, 9.17) is 29.8 Å². The predicted molar refractivity (Wildman–Crippen MR) is 157 cm³/mol. The standard InChI is InChI=1S/C30H32N2O8.ClH/c1-37-26-14-10-21(19-27(26)38-2)11-15-28(33)32-25-7-4-3-6-23(25)30(36)40-17-5-16-39-22-12-8-20(9-13-22)18-24(31)29(34)35;/h3-4,6-15,19,24H,5,16-18,31H2,1-2H3,(H,32,33)(H,34,35);1H/t24-;/m0./s1. The second kappa shape index (κ2) is 16.5. The van der Waals surface area contributed by atoms with Crippen LogP contribution in [0.3, 0.4) is 0 Å². The van der Waals surface area contributed by atoms with Gasteiger partial charge in [-0.05, 0) is 60.0 Å². The van der Waals surface area contributed by atoms with Crippen molar-refractivity contribution in [2.75, 3.05) is 32.8 Å². The Morgan fingerprint density at radius 2 is 1.66 bits per heavy atom. The molecule has 3 aromatic carbocycles. The van der Waals surface area contributed by atoms with Gasteiger partial charge in [0.05, 0.1) is 38.7 Å². The number of benzene rings is 3. The van der Waals surface area contributed by atoms with Crippen molar-refractivity contribution < 1.29 is 38.4 Å². The number of ether oxygens (including phenoxy) is 4. The normalized spacial score (nSPS) is 11.2. The Labute approximate surface area is 244 Å². The van der Waals surface area contributed by atoms with Gasteiger partial charge in [-0.25, -0.2) is 4.79 Å². The first-order valence-electron chi connectivity index (χ1n) is 12.5. The van der Waals surface area contributed by atoms with E-state index in [1.165, 1.54) is 13.2 Å². The number of carbonyl (C=O) groups is 3. The molecule has 0 bridgehead atoms. The molecule has 0 aromatic heterocycles. The number of para-hydroxylation sites is 1. The fourth-order valence-electron chi connectivity index (χ4n) is 3.63. The van der Waals surface area contributed by atoms with E-state index >= 15 is 0 Å². The molecule has 11 heteroatoms. The van der Waals surface area contributed by atoms with Gasteiger partial charge in [0, 0.05) is 12.5 Å². The maximum atomic E-state index is 12.7. The van der Waals surface area contributed by atoms with Crippen molar-refractivity contribution in [3.8, 4) is 17.2 Å². The molecular weight excluding hydrogens is 552 g/mol. The molecule has 0 spiro atoms. The largest absolute Gasteiger partial charge is 0.493 e. The van der Waals surface area contributed by atoms with Crippen LogP contribution in [0, 0.1) is 0 Å². The molecule has 0 saturated carbocycles. The van der Waals surface area contributed by atoms with Gasteiger partial charge in [-0.1, -0.05) is 30.3 Å². The Balaban J connectivity index is 0.00000588. The number of carboxylic acids is 1. The Hall–Kier alpha value is -4.54. The third-order valence-corrected chi connectivity index (χ3v) is 5.73. The van der Waals surface area contributed by atoms with Gasteiger partial charge in [0.15, 0.2) is 11.5 Å². The van der Waals surface area contributed by atoms with E-state index in [1.54, 1.807) is 79.9 Å². The van der Waals surface area contributed by atoms with Gasteiger partial charge in [-0.3, -0.25) is 9.59 Å². The van der Waals surface area contributed by atoms with Crippen molar-refractivity contribution in [3.63, 3.8) is 0 Å². The molecule has 0 fully saturated rings. The molecule has 0 aliphatic heterocycles. The van der Waals surface area contributed by atoms with E-state index in [1.807, 2.05) is 0 Å². The Morgan fingerprint density at radius 1 is 0.951 bits per heavy atom. The minimum Gasteiger partial charge on any atom is -0.493 e. The fourth-order valence-corrected chi connectivity index (χ4v) is 3.63. The summed E-state index contributed by atoms with van der Waals surface area (Å²) in [6.45, 7) is 0.423. The number of amides is 1. The Morgan fingerprint density at radius 3 is 2.34 bits per heavy atom. The number of methoxy groups -OCH3 is 2. The Kier molecular flexibility index (Phi) is 13.2. The van der Waals surface area contributed by atoms with Gasteiger partial charge >= 0.3 is 11.9 Å².